The SMILES string of the molecule is CN[C@@H](C[C@@H](N)c1ccc(F)s1)C(=O)Nc1ccc(F)c(Cl)c1. The van der Waals surface area contributed by atoms with Gasteiger partial charge in [-0.2, -0.15) is 4.39 Å². The lowest BCUT2D eigenvalue weighted by Gasteiger charge is -2.19. The first-order valence-corrected chi connectivity index (χ1v) is 8.04. The van der Waals surface area contributed by atoms with Gasteiger partial charge >= 0.3 is 0 Å². The molecule has 0 saturated heterocycles. The predicted octanol–water partition coefficient (Wildman–Crippen LogP) is 3.30. The minimum atomic E-state index is -0.584. The topological polar surface area (TPSA) is 67.1 Å². The summed E-state index contributed by atoms with van der Waals surface area (Å²) in [6.45, 7) is 0. The molecule has 0 spiro atoms. The van der Waals surface area contributed by atoms with Crippen LogP contribution in [0.1, 0.15) is 17.3 Å². The number of carbonyl (C=O) groups is 1. The van der Waals surface area contributed by atoms with Crippen molar-refractivity contribution < 1.29 is 13.6 Å². The molecular formula is C15H16ClF2N3OS. The molecule has 4 nitrogen and oxygen atoms in total. The molecule has 2 rings (SSSR count). The Balaban J connectivity index is 2.01. The number of carbonyl (C=O) groups excluding carboxylic acids is 1. The van der Waals surface area contributed by atoms with Crippen molar-refractivity contribution in [1.29, 1.82) is 0 Å². The van der Waals surface area contributed by atoms with Gasteiger partial charge in [0.25, 0.3) is 0 Å². The van der Waals surface area contributed by atoms with E-state index in [-0.39, 0.29) is 22.5 Å². The number of hydrogen-bond donors (Lipinski definition) is 3. The number of thiophene rings is 1. The summed E-state index contributed by atoms with van der Waals surface area (Å²) in [5.41, 5.74) is 6.40. The predicted molar refractivity (Wildman–Crippen MR) is 88.7 cm³/mol. The number of anilines is 1. The normalized spacial score (nSPS) is 13.6. The third kappa shape index (κ3) is 4.71. The minimum absolute atomic E-state index is 0.0745. The van der Waals surface area contributed by atoms with E-state index in [2.05, 4.69) is 10.6 Å². The summed E-state index contributed by atoms with van der Waals surface area (Å²) in [6, 6.07) is 5.82. The molecule has 0 saturated carbocycles. The van der Waals surface area contributed by atoms with Gasteiger partial charge in [0, 0.05) is 16.6 Å². The number of likely N-dealkylation sites (N-methyl/N-ethyl adjacent to an activating group) is 1. The maximum absolute atomic E-state index is 13.1. The highest BCUT2D eigenvalue weighted by molar-refractivity contribution is 7.10. The van der Waals surface area contributed by atoms with Gasteiger partial charge in [-0.25, -0.2) is 4.39 Å². The Morgan fingerprint density at radius 2 is 2.09 bits per heavy atom. The van der Waals surface area contributed by atoms with Gasteiger partial charge in [-0.3, -0.25) is 4.79 Å². The smallest absolute Gasteiger partial charge is 0.241 e. The van der Waals surface area contributed by atoms with E-state index in [9.17, 15) is 13.6 Å². The fourth-order valence-corrected chi connectivity index (χ4v) is 2.98. The maximum Gasteiger partial charge on any atom is 0.241 e. The van der Waals surface area contributed by atoms with E-state index in [1.165, 1.54) is 24.3 Å². The Kier molecular flexibility index (Phi) is 6.06. The Morgan fingerprint density at radius 3 is 2.65 bits per heavy atom. The molecule has 2 aromatic rings. The standard InChI is InChI=1S/C15H16ClF2N3OS/c1-20-12(7-11(19)13-4-5-14(18)23-13)15(22)21-8-2-3-10(17)9(16)6-8/h2-6,11-12,20H,7,19H2,1H3,(H,21,22)/t11-,12+/m1/s1. The molecular weight excluding hydrogens is 344 g/mol. The van der Waals surface area contributed by atoms with E-state index >= 15 is 0 Å². The zero-order valence-corrected chi connectivity index (χ0v) is 13.8. The van der Waals surface area contributed by atoms with E-state index in [1.54, 1.807) is 13.1 Å². The molecule has 4 N–H and O–H groups in total. The van der Waals surface area contributed by atoms with Crippen LogP contribution in [-0.2, 0) is 4.79 Å². The van der Waals surface area contributed by atoms with Crippen LogP contribution in [0.2, 0.25) is 5.02 Å². The van der Waals surface area contributed by atoms with Gasteiger partial charge in [-0.15, -0.1) is 11.3 Å². The molecule has 2 atom stereocenters. The first-order chi connectivity index (χ1) is 10.9. The zero-order chi connectivity index (χ0) is 17.0. The molecule has 0 unspecified atom stereocenters. The molecule has 0 aliphatic rings. The number of benzene rings is 1. The molecule has 0 fully saturated rings. The number of rotatable bonds is 6. The van der Waals surface area contributed by atoms with Crippen LogP contribution in [0.15, 0.2) is 30.3 Å². The van der Waals surface area contributed by atoms with Crippen molar-refractivity contribution in [2.45, 2.75) is 18.5 Å². The van der Waals surface area contributed by atoms with Gasteiger partial charge in [-0.05, 0) is 43.8 Å². The van der Waals surface area contributed by atoms with Gasteiger partial charge in [0.1, 0.15) is 5.82 Å². The second-order valence-corrected chi connectivity index (χ2v) is 6.42. The molecule has 1 aromatic carbocycles. The lowest BCUT2D eigenvalue weighted by atomic mass is 10.1. The highest BCUT2D eigenvalue weighted by atomic mass is 35.5. The van der Waals surface area contributed by atoms with Gasteiger partial charge in [0.2, 0.25) is 5.91 Å². The number of hydrogen-bond acceptors (Lipinski definition) is 4. The summed E-state index contributed by atoms with van der Waals surface area (Å²) in [4.78, 5) is 12.9. The van der Waals surface area contributed by atoms with Crippen LogP contribution in [-0.4, -0.2) is 19.0 Å². The summed E-state index contributed by atoms with van der Waals surface area (Å²) in [7, 11) is 1.63. The summed E-state index contributed by atoms with van der Waals surface area (Å²) in [5.74, 6) is -0.890. The molecule has 0 aliphatic heterocycles. The average molecular weight is 360 g/mol. The first kappa shape index (κ1) is 17.8. The van der Waals surface area contributed by atoms with Crippen molar-refractivity contribution in [1.82, 2.24) is 5.32 Å². The number of halogens is 3. The van der Waals surface area contributed by atoms with Crippen LogP contribution in [0.3, 0.4) is 0 Å². The van der Waals surface area contributed by atoms with E-state index in [0.29, 0.717) is 10.6 Å². The van der Waals surface area contributed by atoms with Crippen molar-refractivity contribution in [2.24, 2.45) is 5.73 Å². The van der Waals surface area contributed by atoms with Crippen LogP contribution in [0.4, 0.5) is 14.5 Å². The fourth-order valence-electron chi connectivity index (χ4n) is 2.06. The highest BCUT2D eigenvalue weighted by Gasteiger charge is 2.22. The van der Waals surface area contributed by atoms with Gasteiger partial charge in [0.15, 0.2) is 5.13 Å². The van der Waals surface area contributed by atoms with Crippen LogP contribution in [0.25, 0.3) is 0 Å². The Labute approximate surface area is 141 Å². The first-order valence-electron chi connectivity index (χ1n) is 6.84. The lowest BCUT2D eigenvalue weighted by Crippen LogP contribution is -2.40. The number of nitrogens with two attached hydrogens (primary N) is 1. The summed E-state index contributed by atoms with van der Waals surface area (Å²) in [5, 5.41) is 5.12. The minimum Gasteiger partial charge on any atom is -0.325 e. The van der Waals surface area contributed by atoms with E-state index < -0.39 is 17.9 Å². The van der Waals surface area contributed by atoms with E-state index in [0.717, 1.165) is 11.3 Å². The van der Waals surface area contributed by atoms with Crippen molar-refractivity contribution in [3.05, 3.63) is 51.2 Å². The van der Waals surface area contributed by atoms with Crippen LogP contribution < -0.4 is 16.4 Å². The van der Waals surface area contributed by atoms with Gasteiger partial charge in [-0.1, -0.05) is 11.6 Å². The second kappa shape index (κ2) is 7.83. The van der Waals surface area contributed by atoms with E-state index in [4.69, 9.17) is 17.3 Å². The molecule has 1 amide bonds. The molecule has 124 valence electrons. The lowest BCUT2D eigenvalue weighted by molar-refractivity contribution is -0.118. The molecule has 1 aromatic heterocycles. The van der Waals surface area contributed by atoms with Crippen LogP contribution in [0.5, 0.6) is 0 Å². The molecule has 1 heterocycles. The van der Waals surface area contributed by atoms with Crippen molar-refractivity contribution in [3.63, 3.8) is 0 Å². The Bertz CT molecular complexity index is 695. The summed E-state index contributed by atoms with van der Waals surface area (Å²) < 4.78 is 26.2. The fraction of sp³-hybridized carbons (Fsp3) is 0.267. The quantitative estimate of drug-likeness (QED) is 0.741. The molecule has 0 aliphatic carbocycles. The van der Waals surface area contributed by atoms with Crippen molar-refractivity contribution in [2.75, 3.05) is 12.4 Å². The van der Waals surface area contributed by atoms with Gasteiger partial charge < -0.3 is 16.4 Å². The third-order valence-electron chi connectivity index (χ3n) is 3.30. The largest absolute Gasteiger partial charge is 0.325 e. The van der Waals surface area contributed by atoms with Crippen molar-refractivity contribution >= 4 is 34.5 Å². The molecule has 23 heavy (non-hydrogen) atoms. The maximum atomic E-state index is 13.1. The summed E-state index contributed by atoms with van der Waals surface area (Å²) in [6.07, 6.45) is 0.289. The molecule has 0 bridgehead atoms. The molecule has 0 radical (unpaired) electrons. The highest BCUT2D eigenvalue weighted by Crippen LogP contribution is 2.24. The Morgan fingerprint density at radius 1 is 1.35 bits per heavy atom. The van der Waals surface area contributed by atoms with Crippen LogP contribution in [0, 0.1) is 10.9 Å². The number of amides is 1. The zero-order valence-electron chi connectivity index (χ0n) is 12.3. The monoisotopic (exact) mass is 359 g/mol. The van der Waals surface area contributed by atoms with Gasteiger partial charge in [0.05, 0.1) is 11.1 Å². The molecule has 8 heteroatoms. The number of nitrogens with one attached hydrogen (secondary N) is 2. The second-order valence-electron chi connectivity index (χ2n) is 4.94. The van der Waals surface area contributed by atoms with Crippen LogP contribution >= 0.6 is 22.9 Å². The van der Waals surface area contributed by atoms with Crippen molar-refractivity contribution in [3.8, 4) is 0 Å². The van der Waals surface area contributed by atoms with E-state index in [1.807, 2.05) is 0 Å². The summed E-state index contributed by atoms with van der Waals surface area (Å²) >= 11 is 6.64. The average Bonchev–Trinajstić information content (AvgIpc) is 2.95. The third-order valence-corrected chi connectivity index (χ3v) is 4.60. The Hall–Kier alpha value is -1.54.